The van der Waals surface area contributed by atoms with Gasteiger partial charge in [-0.3, -0.25) is 24.8 Å². The third kappa shape index (κ3) is 7.45. The third-order valence-corrected chi connectivity index (χ3v) is 12.1. The van der Waals surface area contributed by atoms with Gasteiger partial charge in [-0.05, 0) is 107 Å². The molecule has 0 unspecified atom stereocenters. The molecule has 56 heavy (non-hydrogen) atoms. The van der Waals surface area contributed by atoms with E-state index in [0.29, 0.717) is 47.3 Å². The number of nitrogens with one attached hydrogen (secondary N) is 2. The standard InChI is InChI=1S/C42H46N12O2/c1-28(23-43)47-36-22-35(38-12-11-34-21-30(24-44)25-46-54(34)38)45-26-39(36)53-27-37(49-50-53)31-5-3-29(4-6-31)14-16-51-17-19-52(20-18-51)33-9-7-32(8-10-33)42(2)15-13-40(55)48-41(42)56/h7-12,21-22,25-29,31H,3-6,13-20H2,1-2H3,(H,45,47)(H,48,55,56)/t28-,29?,31?,42-/m1/s1. The first-order valence-corrected chi connectivity index (χ1v) is 19.6. The van der Waals surface area contributed by atoms with E-state index in [1.165, 1.54) is 31.1 Å². The van der Waals surface area contributed by atoms with Crippen LogP contribution in [-0.2, 0) is 15.0 Å². The lowest BCUT2D eigenvalue weighted by molar-refractivity contribution is -0.137. The van der Waals surface area contributed by atoms with Crippen LogP contribution in [0.25, 0.3) is 22.6 Å². The van der Waals surface area contributed by atoms with Gasteiger partial charge in [-0.2, -0.15) is 15.6 Å². The molecule has 0 radical (unpaired) electrons. The number of carbonyl (C=O) groups excluding carboxylic acids is 2. The summed E-state index contributed by atoms with van der Waals surface area (Å²) in [6, 6.07) is 19.8. The van der Waals surface area contributed by atoms with E-state index in [0.717, 1.165) is 68.0 Å². The van der Waals surface area contributed by atoms with Crippen LogP contribution in [0.15, 0.2) is 67.1 Å². The molecule has 14 heteroatoms. The van der Waals surface area contributed by atoms with Gasteiger partial charge in [-0.15, -0.1) is 5.10 Å². The topological polar surface area (TPSA) is 173 Å². The van der Waals surface area contributed by atoms with Gasteiger partial charge in [0.15, 0.2) is 0 Å². The molecule has 2 saturated heterocycles. The van der Waals surface area contributed by atoms with Crippen molar-refractivity contribution >= 4 is 28.7 Å². The quantitative estimate of drug-likeness (QED) is 0.176. The summed E-state index contributed by atoms with van der Waals surface area (Å²) in [6.45, 7) is 8.86. The maximum Gasteiger partial charge on any atom is 0.236 e. The number of rotatable bonds is 10. The van der Waals surface area contributed by atoms with Gasteiger partial charge in [0.1, 0.15) is 17.8 Å². The zero-order valence-electron chi connectivity index (χ0n) is 31.9. The molecule has 2 N–H and O–H groups in total. The van der Waals surface area contributed by atoms with Gasteiger partial charge in [0.2, 0.25) is 11.8 Å². The SMILES string of the molecule is C[C@H](C#N)Nc1cc(-c2ccc3cc(C#N)cnn23)ncc1-n1cc(C2CCC(CCN3CCN(c4ccc([C@@]5(C)CCC(=O)NC5=O)cc4)CC3)CC2)nn1. The molecule has 1 aliphatic carbocycles. The van der Waals surface area contributed by atoms with Crippen LogP contribution in [0.4, 0.5) is 11.4 Å². The number of hydrogen-bond donors (Lipinski definition) is 2. The van der Waals surface area contributed by atoms with Crippen molar-refractivity contribution in [2.45, 2.75) is 76.2 Å². The smallest absolute Gasteiger partial charge is 0.236 e. The first-order chi connectivity index (χ1) is 27.2. The average Bonchev–Trinajstić information content (AvgIpc) is 3.90. The van der Waals surface area contributed by atoms with Crippen LogP contribution in [0, 0.1) is 28.6 Å². The predicted molar refractivity (Wildman–Crippen MR) is 211 cm³/mol. The van der Waals surface area contributed by atoms with E-state index >= 15 is 0 Å². The molecule has 8 rings (SSSR count). The zero-order valence-corrected chi connectivity index (χ0v) is 31.9. The van der Waals surface area contributed by atoms with E-state index in [1.807, 2.05) is 43.5 Å². The summed E-state index contributed by atoms with van der Waals surface area (Å²) in [5.41, 5.74) is 6.60. The molecule has 3 aliphatic rings. The summed E-state index contributed by atoms with van der Waals surface area (Å²) < 4.78 is 3.51. The molecule has 1 saturated carbocycles. The van der Waals surface area contributed by atoms with E-state index in [9.17, 15) is 20.1 Å². The van der Waals surface area contributed by atoms with Crippen molar-refractivity contribution in [1.29, 1.82) is 10.5 Å². The second kappa shape index (κ2) is 15.6. The minimum Gasteiger partial charge on any atom is -0.369 e. The van der Waals surface area contributed by atoms with Crippen molar-refractivity contribution in [2.24, 2.45) is 5.92 Å². The molecule has 14 nitrogen and oxygen atoms in total. The molecule has 2 aliphatic heterocycles. The summed E-state index contributed by atoms with van der Waals surface area (Å²) in [7, 11) is 0. The number of benzene rings is 1. The summed E-state index contributed by atoms with van der Waals surface area (Å²) >= 11 is 0. The number of hydrogen-bond acceptors (Lipinski definition) is 11. The van der Waals surface area contributed by atoms with E-state index < -0.39 is 11.5 Å². The highest BCUT2D eigenvalue weighted by atomic mass is 16.2. The number of nitrogens with zero attached hydrogens (tertiary/aromatic N) is 10. The van der Waals surface area contributed by atoms with Crippen LogP contribution in [0.2, 0.25) is 0 Å². The molecule has 1 aromatic carbocycles. The number of nitriles is 2. The van der Waals surface area contributed by atoms with E-state index in [2.05, 4.69) is 60.1 Å². The number of amides is 2. The first-order valence-electron chi connectivity index (χ1n) is 19.6. The van der Waals surface area contributed by atoms with Gasteiger partial charge in [0.25, 0.3) is 0 Å². The second-order valence-electron chi connectivity index (χ2n) is 15.7. The molecule has 3 fully saturated rings. The molecule has 4 aromatic heterocycles. The van der Waals surface area contributed by atoms with Crippen LogP contribution in [0.3, 0.4) is 0 Å². The molecule has 2 amide bonds. The average molecular weight is 751 g/mol. The Morgan fingerprint density at radius 1 is 1.00 bits per heavy atom. The van der Waals surface area contributed by atoms with Crippen molar-refractivity contribution < 1.29 is 9.59 Å². The van der Waals surface area contributed by atoms with Gasteiger partial charge in [0.05, 0.1) is 63.9 Å². The van der Waals surface area contributed by atoms with E-state index in [-0.39, 0.29) is 11.8 Å². The van der Waals surface area contributed by atoms with Gasteiger partial charge >= 0.3 is 0 Å². The lowest BCUT2D eigenvalue weighted by Crippen LogP contribution is -2.49. The minimum atomic E-state index is -0.668. The van der Waals surface area contributed by atoms with Crippen LogP contribution in [-0.4, -0.2) is 85.1 Å². The number of imide groups is 1. The van der Waals surface area contributed by atoms with Gasteiger partial charge in [-0.1, -0.05) is 17.3 Å². The third-order valence-electron chi connectivity index (χ3n) is 12.1. The Bertz CT molecular complexity index is 2320. The monoisotopic (exact) mass is 750 g/mol. The summed E-state index contributed by atoms with van der Waals surface area (Å²) in [5, 5.41) is 38.2. The van der Waals surface area contributed by atoms with Crippen molar-refractivity contribution in [3.8, 4) is 29.2 Å². The number of carbonyl (C=O) groups is 2. The lowest BCUT2D eigenvalue weighted by Gasteiger charge is -2.37. The fourth-order valence-electron chi connectivity index (χ4n) is 8.45. The van der Waals surface area contributed by atoms with Crippen molar-refractivity contribution in [3.63, 3.8) is 0 Å². The maximum absolute atomic E-state index is 12.6. The second-order valence-corrected chi connectivity index (χ2v) is 15.7. The minimum absolute atomic E-state index is 0.190. The zero-order chi connectivity index (χ0) is 38.8. The Morgan fingerprint density at radius 3 is 2.52 bits per heavy atom. The maximum atomic E-state index is 12.6. The summed E-state index contributed by atoms with van der Waals surface area (Å²) in [5.74, 6) is 0.656. The van der Waals surface area contributed by atoms with E-state index in [1.54, 1.807) is 28.4 Å². The van der Waals surface area contributed by atoms with Crippen molar-refractivity contribution in [1.82, 2.24) is 39.8 Å². The molecular weight excluding hydrogens is 705 g/mol. The predicted octanol–water partition coefficient (Wildman–Crippen LogP) is 5.35. The highest BCUT2D eigenvalue weighted by Crippen LogP contribution is 2.38. The Morgan fingerprint density at radius 2 is 1.79 bits per heavy atom. The number of pyridine rings is 1. The number of piperidine rings is 1. The molecule has 2 atom stereocenters. The Balaban J connectivity index is 0.838. The summed E-state index contributed by atoms with van der Waals surface area (Å²) in [6.07, 6.45) is 11.9. The molecule has 0 spiro atoms. The number of aromatic nitrogens is 6. The van der Waals surface area contributed by atoms with Crippen molar-refractivity contribution in [2.75, 3.05) is 42.9 Å². The largest absolute Gasteiger partial charge is 0.369 e. The van der Waals surface area contributed by atoms with Gasteiger partial charge in [0, 0.05) is 44.2 Å². The number of piperazine rings is 1. The van der Waals surface area contributed by atoms with E-state index in [4.69, 9.17) is 4.98 Å². The molecule has 6 heterocycles. The molecular formula is C42H46N12O2. The Labute approximate surface area is 326 Å². The fraction of sp³-hybridized carbons (Fsp3) is 0.429. The normalized spacial score (nSPS) is 22.3. The van der Waals surface area contributed by atoms with Gasteiger partial charge < -0.3 is 10.2 Å². The molecule has 0 bridgehead atoms. The highest BCUT2D eigenvalue weighted by molar-refractivity contribution is 6.03. The van der Waals surface area contributed by atoms with Crippen LogP contribution in [0.1, 0.15) is 81.5 Å². The van der Waals surface area contributed by atoms with Gasteiger partial charge in [-0.25, -0.2) is 9.20 Å². The number of anilines is 2. The van der Waals surface area contributed by atoms with Crippen LogP contribution < -0.4 is 15.5 Å². The first kappa shape index (κ1) is 36.8. The fourth-order valence-corrected chi connectivity index (χ4v) is 8.45. The van der Waals surface area contributed by atoms with Crippen LogP contribution in [0.5, 0.6) is 0 Å². The lowest BCUT2D eigenvalue weighted by atomic mass is 9.75. The Kier molecular flexibility index (Phi) is 10.2. The van der Waals surface area contributed by atoms with Crippen LogP contribution >= 0.6 is 0 Å². The number of fused-ring (bicyclic) bond motifs is 1. The molecule has 286 valence electrons. The Hall–Kier alpha value is -6.12. The molecule has 5 aromatic rings. The van der Waals surface area contributed by atoms with Crippen molar-refractivity contribution in [3.05, 3.63) is 83.9 Å². The summed E-state index contributed by atoms with van der Waals surface area (Å²) in [4.78, 5) is 34.0. The highest BCUT2D eigenvalue weighted by Gasteiger charge is 2.40.